The van der Waals surface area contributed by atoms with Crippen molar-refractivity contribution in [2.45, 2.75) is 86.0 Å². The second-order valence-electron chi connectivity index (χ2n) is 11.5. The fraction of sp³-hybridized carbons (Fsp3) is 0.852. The lowest BCUT2D eigenvalue weighted by atomic mass is 9.50. The molecule has 1 nitrogen and oxygen atoms in total. The summed E-state index contributed by atoms with van der Waals surface area (Å²) in [5.74, 6) is 5.16. The normalized spacial score (nSPS) is 47.4. The smallest absolute Gasteiger partial charge is 0.0462 e. The van der Waals surface area contributed by atoms with E-state index in [-0.39, 0.29) is 0 Å². The molecular weight excluding hydrogens is 340 g/mol. The van der Waals surface area contributed by atoms with Gasteiger partial charge in [0.05, 0.1) is 0 Å². The predicted octanol–water partition coefficient (Wildman–Crippen LogP) is 7.02. The minimum absolute atomic E-state index is 0.402. The molecule has 1 N–H and O–H groups in total. The van der Waals surface area contributed by atoms with Crippen molar-refractivity contribution in [3.8, 4) is 0 Å². The summed E-state index contributed by atoms with van der Waals surface area (Å²) < 4.78 is 0. The van der Waals surface area contributed by atoms with Gasteiger partial charge in [0.2, 0.25) is 0 Å². The monoisotopic (exact) mass is 384 g/mol. The summed E-state index contributed by atoms with van der Waals surface area (Å²) in [4.78, 5) is 0. The zero-order chi connectivity index (χ0) is 20.1. The highest BCUT2D eigenvalue weighted by molar-refractivity contribution is 5.28. The maximum absolute atomic E-state index is 9.88. The van der Waals surface area contributed by atoms with Gasteiger partial charge in [0.1, 0.15) is 0 Å². The number of aliphatic hydroxyl groups excluding tert-OH is 1. The first-order valence-corrected chi connectivity index (χ1v) is 12.3. The Balaban J connectivity index is 1.56. The van der Waals surface area contributed by atoms with Gasteiger partial charge in [-0.15, -0.1) is 0 Å². The SMILES string of the molecule is CC[C@@H](C)/C=C/[C@@H](C)[C@H]1CC[C@H]2C3=CC[C@H]4[C@@H](CO)CC[C@]4(C)[C@H]3CC[C@]12C. The molecule has 158 valence electrons. The van der Waals surface area contributed by atoms with Crippen LogP contribution in [0.1, 0.15) is 86.0 Å². The Hall–Kier alpha value is -0.560. The van der Waals surface area contributed by atoms with Crippen LogP contribution in [0, 0.1) is 52.3 Å². The largest absolute Gasteiger partial charge is 0.396 e. The Labute approximate surface area is 174 Å². The molecule has 0 heterocycles. The standard InChI is InChI=1S/C27H44O/c1-6-18(2)7-8-19(3)22-11-12-24-21-9-10-23-20(17-28)13-15-27(23,5)25(21)14-16-26(22,24)4/h7-9,18-20,22-25,28H,6,10-17H2,1-5H3/b8-7+/t18-,19-,20-,22-,23+,24+,25+,26-,27+/m1/s1. The van der Waals surface area contributed by atoms with Gasteiger partial charge in [0, 0.05) is 6.61 Å². The second-order valence-corrected chi connectivity index (χ2v) is 11.5. The van der Waals surface area contributed by atoms with E-state index >= 15 is 0 Å². The van der Waals surface area contributed by atoms with Crippen molar-refractivity contribution < 1.29 is 5.11 Å². The molecule has 4 aliphatic carbocycles. The predicted molar refractivity (Wildman–Crippen MR) is 119 cm³/mol. The van der Waals surface area contributed by atoms with E-state index in [0.29, 0.717) is 35.2 Å². The number of hydrogen-bond acceptors (Lipinski definition) is 1. The van der Waals surface area contributed by atoms with Crippen LogP contribution in [0.2, 0.25) is 0 Å². The summed E-state index contributed by atoms with van der Waals surface area (Å²) in [6.45, 7) is 12.7. The van der Waals surface area contributed by atoms with Gasteiger partial charge in [0.25, 0.3) is 0 Å². The third kappa shape index (κ3) is 3.06. The van der Waals surface area contributed by atoms with Crippen LogP contribution in [-0.4, -0.2) is 11.7 Å². The Kier molecular flexibility index (Phi) is 5.62. The van der Waals surface area contributed by atoms with Crippen LogP contribution in [0.3, 0.4) is 0 Å². The molecule has 0 aromatic heterocycles. The van der Waals surface area contributed by atoms with Crippen LogP contribution >= 0.6 is 0 Å². The lowest BCUT2D eigenvalue weighted by molar-refractivity contribution is 0.0192. The maximum Gasteiger partial charge on any atom is 0.0462 e. The molecule has 0 unspecified atom stereocenters. The molecule has 4 aliphatic rings. The van der Waals surface area contributed by atoms with E-state index < -0.39 is 0 Å². The molecule has 0 amide bonds. The highest BCUT2D eigenvalue weighted by atomic mass is 16.3. The lowest BCUT2D eigenvalue weighted by Gasteiger charge is -2.54. The molecule has 28 heavy (non-hydrogen) atoms. The fourth-order valence-electron chi connectivity index (χ4n) is 8.33. The van der Waals surface area contributed by atoms with Gasteiger partial charge < -0.3 is 5.11 Å². The van der Waals surface area contributed by atoms with E-state index in [9.17, 15) is 5.11 Å². The van der Waals surface area contributed by atoms with Crippen molar-refractivity contribution >= 4 is 0 Å². The minimum atomic E-state index is 0.402. The summed E-state index contributed by atoms with van der Waals surface area (Å²) >= 11 is 0. The zero-order valence-electron chi connectivity index (χ0n) is 19.1. The van der Waals surface area contributed by atoms with Crippen LogP contribution in [0.25, 0.3) is 0 Å². The van der Waals surface area contributed by atoms with E-state index in [0.717, 1.165) is 23.7 Å². The van der Waals surface area contributed by atoms with Crippen molar-refractivity contribution in [2.75, 3.05) is 6.61 Å². The molecule has 4 rings (SSSR count). The highest BCUT2D eigenvalue weighted by Gasteiger charge is 2.59. The van der Waals surface area contributed by atoms with Crippen molar-refractivity contribution in [1.29, 1.82) is 0 Å². The van der Waals surface area contributed by atoms with Crippen LogP contribution in [0.15, 0.2) is 23.8 Å². The zero-order valence-corrected chi connectivity index (χ0v) is 19.1. The van der Waals surface area contributed by atoms with E-state index in [1.54, 1.807) is 0 Å². The molecule has 9 atom stereocenters. The number of hydrogen-bond donors (Lipinski definition) is 1. The molecule has 0 aliphatic heterocycles. The van der Waals surface area contributed by atoms with Crippen LogP contribution < -0.4 is 0 Å². The molecule has 3 saturated carbocycles. The van der Waals surface area contributed by atoms with Gasteiger partial charge in [-0.2, -0.15) is 0 Å². The van der Waals surface area contributed by atoms with E-state index in [2.05, 4.69) is 52.8 Å². The average molecular weight is 385 g/mol. The number of fused-ring (bicyclic) bond motifs is 5. The minimum Gasteiger partial charge on any atom is -0.396 e. The average Bonchev–Trinajstić information content (AvgIpc) is 3.22. The lowest BCUT2D eigenvalue weighted by Crippen LogP contribution is -2.46. The molecule has 0 saturated heterocycles. The molecule has 0 aromatic carbocycles. The Morgan fingerprint density at radius 2 is 1.75 bits per heavy atom. The molecular formula is C27H44O. The van der Waals surface area contributed by atoms with Gasteiger partial charge >= 0.3 is 0 Å². The maximum atomic E-state index is 9.88. The Morgan fingerprint density at radius 1 is 1.04 bits per heavy atom. The molecule has 0 bridgehead atoms. The molecule has 3 fully saturated rings. The molecule has 0 aromatic rings. The molecule has 1 heteroatoms. The van der Waals surface area contributed by atoms with Crippen LogP contribution in [0.4, 0.5) is 0 Å². The first kappa shape index (κ1) is 20.7. The Morgan fingerprint density at radius 3 is 2.46 bits per heavy atom. The summed E-state index contributed by atoms with van der Waals surface area (Å²) in [6, 6.07) is 0. The van der Waals surface area contributed by atoms with Crippen molar-refractivity contribution in [1.82, 2.24) is 0 Å². The van der Waals surface area contributed by atoms with Gasteiger partial charge in [-0.1, -0.05) is 64.8 Å². The first-order chi connectivity index (χ1) is 13.3. The quantitative estimate of drug-likeness (QED) is 0.505. The molecule has 0 radical (unpaired) electrons. The third-order valence-electron chi connectivity index (χ3n) is 10.3. The first-order valence-electron chi connectivity index (χ1n) is 12.3. The molecule has 0 spiro atoms. The third-order valence-corrected chi connectivity index (χ3v) is 10.3. The highest BCUT2D eigenvalue weighted by Crippen LogP contribution is 2.68. The number of aliphatic hydroxyl groups is 1. The number of allylic oxidation sites excluding steroid dienone is 4. The van der Waals surface area contributed by atoms with Crippen LogP contribution in [0.5, 0.6) is 0 Å². The van der Waals surface area contributed by atoms with Crippen molar-refractivity contribution in [3.63, 3.8) is 0 Å². The summed E-state index contributed by atoms with van der Waals surface area (Å²) in [5, 5.41) is 9.88. The van der Waals surface area contributed by atoms with Gasteiger partial charge in [-0.25, -0.2) is 0 Å². The van der Waals surface area contributed by atoms with Crippen molar-refractivity contribution in [2.24, 2.45) is 52.3 Å². The van der Waals surface area contributed by atoms with Gasteiger partial charge in [0.15, 0.2) is 0 Å². The van der Waals surface area contributed by atoms with E-state index in [4.69, 9.17) is 0 Å². The Bertz CT molecular complexity index is 632. The van der Waals surface area contributed by atoms with Crippen molar-refractivity contribution in [3.05, 3.63) is 23.8 Å². The summed E-state index contributed by atoms with van der Waals surface area (Å²) in [6.07, 6.45) is 18.4. The van der Waals surface area contributed by atoms with E-state index in [1.165, 1.54) is 51.4 Å². The summed E-state index contributed by atoms with van der Waals surface area (Å²) in [5.41, 5.74) is 2.81. The summed E-state index contributed by atoms with van der Waals surface area (Å²) in [7, 11) is 0. The topological polar surface area (TPSA) is 20.2 Å². The fourth-order valence-corrected chi connectivity index (χ4v) is 8.33. The second kappa shape index (κ2) is 7.60. The number of rotatable bonds is 5. The van der Waals surface area contributed by atoms with Gasteiger partial charge in [-0.3, -0.25) is 0 Å². The van der Waals surface area contributed by atoms with E-state index in [1.807, 2.05) is 5.57 Å². The van der Waals surface area contributed by atoms with Gasteiger partial charge in [-0.05, 0) is 97.2 Å². The van der Waals surface area contributed by atoms with Crippen LogP contribution in [-0.2, 0) is 0 Å².